The van der Waals surface area contributed by atoms with Crippen molar-refractivity contribution in [2.24, 2.45) is 0 Å². The fourth-order valence-electron chi connectivity index (χ4n) is 3.64. The average Bonchev–Trinajstić information content (AvgIpc) is 2.68. The number of halogens is 4. The summed E-state index contributed by atoms with van der Waals surface area (Å²) < 4.78 is 52.3. The fourth-order valence-corrected chi connectivity index (χ4v) is 4.44. The Morgan fingerprint density at radius 1 is 1.00 bits per heavy atom. The van der Waals surface area contributed by atoms with Gasteiger partial charge < -0.3 is 4.90 Å². The third-order valence-corrected chi connectivity index (χ3v) is 6.46. The van der Waals surface area contributed by atoms with Gasteiger partial charge in [-0.05, 0) is 42.2 Å². The van der Waals surface area contributed by atoms with E-state index in [9.17, 15) is 17.6 Å². The van der Waals surface area contributed by atoms with E-state index in [4.69, 9.17) is 0 Å². The summed E-state index contributed by atoms with van der Waals surface area (Å²) in [5.74, 6) is -1.34. The molecule has 0 saturated carbocycles. The maximum Gasteiger partial charge on any atom is 0.398 e. The quantitative estimate of drug-likeness (QED) is 0.434. The van der Waals surface area contributed by atoms with Crippen molar-refractivity contribution in [1.29, 1.82) is 0 Å². The molecule has 7 heteroatoms. The van der Waals surface area contributed by atoms with Gasteiger partial charge in [0.15, 0.2) is 0 Å². The Morgan fingerprint density at radius 3 is 2.28 bits per heavy atom. The van der Waals surface area contributed by atoms with Crippen LogP contribution >= 0.6 is 11.8 Å². The van der Waals surface area contributed by atoms with E-state index in [-0.39, 0.29) is 5.82 Å². The molecule has 0 aliphatic carbocycles. The Morgan fingerprint density at radius 2 is 1.66 bits per heavy atom. The number of hydrogen-bond acceptors (Lipinski definition) is 3. The molecule has 0 N–H and O–H groups in total. The Labute approximate surface area is 173 Å². The molecule has 1 aliphatic rings. The standard InChI is InChI=1S/C22H26F4N2S/c1-3-17-6-4-5-7-18(17)14-27-8-10-28(11-9-27)20-13-21(16(2)12-19(20)23)29-15-22(24,25)26/h4-7,12-13H,3,8-11,14-15H2,1-2H3. The molecule has 1 aliphatic heterocycles. The molecule has 0 spiro atoms. The summed E-state index contributed by atoms with van der Waals surface area (Å²) in [5, 5.41) is 0. The Bertz CT molecular complexity index is 830. The number of anilines is 1. The van der Waals surface area contributed by atoms with Gasteiger partial charge in [0, 0.05) is 37.6 Å². The van der Waals surface area contributed by atoms with Crippen LogP contribution in [-0.2, 0) is 13.0 Å². The van der Waals surface area contributed by atoms with Crippen LogP contribution in [-0.4, -0.2) is 43.0 Å². The zero-order chi connectivity index (χ0) is 21.0. The first-order valence-electron chi connectivity index (χ1n) is 9.80. The molecule has 1 fully saturated rings. The fraction of sp³-hybridized carbons (Fsp3) is 0.455. The Balaban J connectivity index is 1.65. The van der Waals surface area contributed by atoms with Crippen molar-refractivity contribution < 1.29 is 17.6 Å². The Hall–Kier alpha value is -1.73. The van der Waals surface area contributed by atoms with Crippen LogP contribution < -0.4 is 4.90 Å². The SMILES string of the molecule is CCc1ccccc1CN1CCN(c2cc(SCC(F)(F)F)c(C)cc2F)CC1. The van der Waals surface area contributed by atoms with Crippen LogP contribution in [0.15, 0.2) is 41.3 Å². The van der Waals surface area contributed by atoms with E-state index in [0.717, 1.165) is 37.8 Å². The van der Waals surface area contributed by atoms with Crippen molar-refractivity contribution in [3.8, 4) is 0 Å². The molecule has 2 nitrogen and oxygen atoms in total. The molecule has 0 atom stereocenters. The number of aryl methyl sites for hydroxylation is 2. The minimum Gasteiger partial charge on any atom is -0.367 e. The third-order valence-electron chi connectivity index (χ3n) is 5.24. The minimum atomic E-state index is -4.24. The summed E-state index contributed by atoms with van der Waals surface area (Å²) in [6.45, 7) is 7.53. The van der Waals surface area contributed by atoms with E-state index >= 15 is 0 Å². The van der Waals surface area contributed by atoms with Crippen molar-refractivity contribution in [3.05, 3.63) is 58.9 Å². The summed E-state index contributed by atoms with van der Waals surface area (Å²) in [5.41, 5.74) is 3.59. The molecule has 2 aromatic rings. The third kappa shape index (κ3) is 5.89. The molecule has 0 bridgehead atoms. The van der Waals surface area contributed by atoms with Crippen molar-refractivity contribution >= 4 is 17.4 Å². The van der Waals surface area contributed by atoms with Gasteiger partial charge in [-0.2, -0.15) is 13.2 Å². The highest BCUT2D eigenvalue weighted by molar-refractivity contribution is 7.99. The molecule has 29 heavy (non-hydrogen) atoms. The largest absolute Gasteiger partial charge is 0.398 e. The number of piperazine rings is 1. The van der Waals surface area contributed by atoms with E-state index in [2.05, 4.69) is 30.0 Å². The summed E-state index contributed by atoms with van der Waals surface area (Å²) in [4.78, 5) is 4.77. The Kier molecular flexibility index (Phi) is 7.11. The van der Waals surface area contributed by atoms with Gasteiger partial charge in [0.1, 0.15) is 5.82 Å². The minimum absolute atomic E-state index is 0.372. The summed E-state index contributed by atoms with van der Waals surface area (Å²) >= 11 is 0.719. The summed E-state index contributed by atoms with van der Waals surface area (Å²) in [7, 11) is 0. The normalized spacial score (nSPS) is 15.7. The summed E-state index contributed by atoms with van der Waals surface area (Å²) in [6.07, 6.45) is -3.25. The lowest BCUT2D eigenvalue weighted by atomic mass is 10.0. The molecule has 3 rings (SSSR count). The van der Waals surface area contributed by atoms with Gasteiger partial charge in [-0.15, -0.1) is 11.8 Å². The van der Waals surface area contributed by atoms with Crippen LogP contribution in [0.5, 0.6) is 0 Å². The number of hydrogen-bond donors (Lipinski definition) is 0. The van der Waals surface area contributed by atoms with Gasteiger partial charge >= 0.3 is 6.18 Å². The summed E-state index contributed by atoms with van der Waals surface area (Å²) in [6, 6.07) is 11.3. The average molecular weight is 427 g/mol. The number of thioether (sulfide) groups is 1. The van der Waals surface area contributed by atoms with Crippen LogP contribution in [0, 0.1) is 12.7 Å². The van der Waals surface area contributed by atoms with Crippen LogP contribution in [0.1, 0.15) is 23.6 Å². The molecular weight excluding hydrogens is 400 g/mol. The van der Waals surface area contributed by atoms with Crippen LogP contribution in [0.4, 0.5) is 23.2 Å². The second-order valence-electron chi connectivity index (χ2n) is 7.36. The van der Waals surface area contributed by atoms with Gasteiger partial charge in [0.2, 0.25) is 0 Å². The number of benzene rings is 2. The van der Waals surface area contributed by atoms with E-state index < -0.39 is 11.9 Å². The topological polar surface area (TPSA) is 6.48 Å². The maximum atomic E-state index is 14.5. The molecule has 0 radical (unpaired) electrons. The molecule has 1 saturated heterocycles. The first-order chi connectivity index (χ1) is 13.8. The van der Waals surface area contributed by atoms with E-state index in [1.54, 1.807) is 13.0 Å². The van der Waals surface area contributed by atoms with Crippen molar-refractivity contribution in [2.45, 2.75) is 37.9 Å². The van der Waals surface area contributed by atoms with E-state index in [1.165, 1.54) is 17.2 Å². The first-order valence-corrected chi connectivity index (χ1v) is 10.8. The molecule has 0 amide bonds. The van der Waals surface area contributed by atoms with Gasteiger partial charge in [-0.1, -0.05) is 31.2 Å². The van der Waals surface area contributed by atoms with Crippen LogP contribution in [0.2, 0.25) is 0 Å². The highest BCUT2D eigenvalue weighted by Crippen LogP contribution is 2.34. The van der Waals surface area contributed by atoms with Crippen molar-refractivity contribution in [3.63, 3.8) is 0 Å². The van der Waals surface area contributed by atoms with Gasteiger partial charge in [0.25, 0.3) is 0 Å². The van der Waals surface area contributed by atoms with Crippen LogP contribution in [0.3, 0.4) is 0 Å². The number of alkyl halides is 3. The smallest absolute Gasteiger partial charge is 0.367 e. The van der Waals surface area contributed by atoms with Crippen LogP contribution in [0.25, 0.3) is 0 Å². The second-order valence-corrected chi connectivity index (χ2v) is 8.38. The van der Waals surface area contributed by atoms with E-state index in [0.29, 0.717) is 29.2 Å². The zero-order valence-electron chi connectivity index (χ0n) is 16.7. The molecule has 158 valence electrons. The monoisotopic (exact) mass is 426 g/mol. The predicted molar refractivity (Wildman–Crippen MR) is 111 cm³/mol. The predicted octanol–water partition coefficient (Wildman–Crippen LogP) is 5.67. The lowest BCUT2D eigenvalue weighted by molar-refractivity contribution is -0.105. The van der Waals surface area contributed by atoms with Gasteiger partial charge in [-0.3, -0.25) is 4.90 Å². The highest BCUT2D eigenvalue weighted by atomic mass is 32.2. The zero-order valence-corrected chi connectivity index (χ0v) is 17.5. The number of nitrogens with zero attached hydrogens (tertiary/aromatic N) is 2. The lowest BCUT2D eigenvalue weighted by Gasteiger charge is -2.36. The maximum absolute atomic E-state index is 14.5. The van der Waals surface area contributed by atoms with Crippen molar-refractivity contribution in [1.82, 2.24) is 4.90 Å². The van der Waals surface area contributed by atoms with E-state index in [1.807, 2.05) is 11.0 Å². The first kappa shape index (κ1) is 22.0. The van der Waals surface area contributed by atoms with Crippen molar-refractivity contribution in [2.75, 3.05) is 36.8 Å². The second kappa shape index (κ2) is 9.39. The molecule has 0 unspecified atom stereocenters. The highest BCUT2D eigenvalue weighted by Gasteiger charge is 2.28. The molecule has 0 aromatic heterocycles. The molecule has 2 aromatic carbocycles. The number of rotatable bonds is 6. The van der Waals surface area contributed by atoms with Gasteiger partial charge in [0.05, 0.1) is 11.4 Å². The van der Waals surface area contributed by atoms with Gasteiger partial charge in [-0.25, -0.2) is 4.39 Å². The lowest BCUT2D eigenvalue weighted by Crippen LogP contribution is -2.46. The molecular formula is C22H26F4N2S. The molecule has 1 heterocycles.